The molecule has 0 saturated carbocycles. The predicted molar refractivity (Wildman–Crippen MR) is 309 cm³/mol. The highest BCUT2D eigenvalue weighted by Gasteiger charge is 2.25. The topological polar surface area (TPSA) is 108 Å². The standard InChI is InChI=1S/C64H109NO8/c1-6-8-10-12-14-16-18-20-22-24-26-28-30-31-33-35-37-39-41-43-45-47-49-51-53-55-62(67)73-60(59-72-64(63(68)69)70-57-56-65(3,4)5)58-71-61(66)54-52-50-48-46-44-42-40-38-36-34-32-29-27-25-23-21-19-17-15-13-11-9-7-2/h8,10,14,16,20,22,25-28,31,33,37,39,43,45,60,64H,6-7,9,11-13,15,17-19,21,23-24,29-30,32,34-36,38,40-42,44,46-59H2,1-5H3/p+1/b10-8-,16-14-,22-20-,27-25-,28-26-,33-31-,39-37-,45-43-. The van der Waals surface area contributed by atoms with Crippen LogP contribution in [0.3, 0.4) is 0 Å². The minimum Gasteiger partial charge on any atom is -0.477 e. The summed E-state index contributed by atoms with van der Waals surface area (Å²) in [7, 11) is 5.95. The number of nitrogens with zero attached hydrogens (tertiary/aromatic N) is 1. The Labute approximate surface area is 448 Å². The van der Waals surface area contributed by atoms with E-state index in [1.54, 1.807) is 0 Å². The monoisotopic (exact) mass is 1020 g/mol. The van der Waals surface area contributed by atoms with Gasteiger partial charge in [-0.25, -0.2) is 4.79 Å². The number of hydrogen-bond donors (Lipinski definition) is 1. The molecule has 0 amide bonds. The van der Waals surface area contributed by atoms with E-state index in [0.29, 0.717) is 17.4 Å². The number of quaternary nitrogens is 1. The predicted octanol–water partition coefficient (Wildman–Crippen LogP) is 17.3. The first-order chi connectivity index (χ1) is 35.6. The Morgan fingerprint density at radius 1 is 0.425 bits per heavy atom. The molecule has 0 aromatic rings. The first-order valence-electron chi connectivity index (χ1n) is 29.4. The average Bonchev–Trinajstić information content (AvgIpc) is 3.36. The first kappa shape index (κ1) is 69.2. The third-order valence-corrected chi connectivity index (χ3v) is 12.3. The molecule has 0 aliphatic heterocycles. The zero-order valence-corrected chi connectivity index (χ0v) is 47.5. The fraction of sp³-hybridized carbons (Fsp3) is 0.703. The number of hydrogen-bond acceptors (Lipinski definition) is 7. The molecule has 2 atom stereocenters. The van der Waals surface area contributed by atoms with Crippen molar-refractivity contribution in [2.45, 2.75) is 245 Å². The molecular formula is C64H110NO8+. The Bertz CT molecular complexity index is 1520. The van der Waals surface area contributed by atoms with E-state index >= 15 is 0 Å². The van der Waals surface area contributed by atoms with Crippen LogP contribution in [-0.4, -0.2) is 87.4 Å². The molecule has 0 spiro atoms. The molecule has 9 heteroatoms. The number of carboxylic acid groups (broad SMARTS) is 1. The Morgan fingerprint density at radius 2 is 0.781 bits per heavy atom. The van der Waals surface area contributed by atoms with Crippen LogP contribution < -0.4 is 0 Å². The maximum Gasteiger partial charge on any atom is 0.361 e. The van der Waals surface area contributed by atoms with E-state index in [1.807, 2.05) is 21.1 Å². The number of esters is 2. The van der Waals surface area contributed by atoms with E-state index in [9.17, 15) is 19.5 Å². The third-order valence-electron chi connectivity index (χ3n) is 12.3. The van der Waals surface area contributed by atoms with Gasteiger partial charge in [0.15, 0.2) is 6.10 Å². The van der Waals surface area contributed by atoms with Crippen molar-refractivity contribution in [1.29, 1.82) is 0 Å². The smallest absolute Gasteiger partial charge is 0.361 e. The normalized spacial score (nSPS) is 13.5. The van der Waals surface area contributed by atoms with Gasteiger partial charge in [-0.05, 0) is 96.3 Å². The summed E-state index contributed by atoms with van der Waals surface area (Å²) in [6.07, 6.45) is 70.6. The van der Waals surface area contributed by atoms with E-state index in [0.717, 1.165) is 83.5 Å². The van der Waals surface area contributed by atoms with Crippen LogP contribution in [0.1, 0.15) is 232 Å². The molecule has 0 rings (SSSR count). The van der Waals surface area contributed by atoms with Gasteiger partial charge in [0, 0.05) is 12.8 Å². The highest BCUT2D eigenvalue weighted by molar-refractivity contribution is 5.71. The summed E-state index contributed by atoms with van der Waals surface area (Å²) < 4.78 is 22.8. The molecule has 418 valence electrons. The second kappa shape index (κ2) is 54.5. The van der Waals surface area contributed by atoms with Crippen molar-refractivity contribution < 1.29 is 42.9 Å². The van der Waals surface area contributed by atoms with Crippen LogP contribution in [0, 0.1) is 0 Å². The molecule has 0 aliphatic carbocycles. The molecule has 0 aromatic heterocycles. The van der Waals surface area contributed by atoms with Gasteiger partial charge in [-0.15, -0.1) is 0 Å². The Balaban J connectivity index is 4.34. The molecule has 1 N–H and O–H groups in total. The molecule has 0 bridgehead atoms. The lowest BCUT2D eigenvalue weighted by Gasteiger charge is -2.25. The van der Waals surface area contributed by atoms with Crippen LogP contribution in [0.25, 0.3) is 0 Å². The van der Waals surface area contributed by atoms with Gasteiger partial charge >= 0.3 is 17.9 Å². The lowest BCUT2D eigenvalue weighted by molar-refractivity contribution is -0.870. The Kier molecular flexibility index (Phi) is 51.6. The summed E-state index contributed by atoms with van der Waals surface area (Å²) in [6.45, 7) is 4.72. The SMILES string of the molecule is CC/C=C\C/C=C\C/C=C\C/C=C\C/C=C\C/C=C\C/C=C\CCCCCC(=O)OC(COC(=O)CCCCCCCCCCCCC/C=C\CCCCCCCCCC)COC(OCC[N+](C)(C)C)C(=O)O. The van der Waals surface area contributed by atoms with Gasteiger partial charge in [0.25, 0.3) is 6.29 Å². The van der Waals surface area contributed by atoms with Gasteiger partial charge in [0.1, 0.15) is 13.2 Å². The number of ether oxygens (including phenoxy) is 4. The van der Waals surface area contributed by atoms with Crippen molar-refractivity contribution in [3.8, 4) is 0 Å². The largest absolute Gasteiger partial charge is 0.477 e. The van der Waals surface area contributed by atoms with Crippen LogP contribution in [0.4, 0.5) is 0 Å². The molecule has 9 nitrogen and oxygen atoms in total. The molecule has 0 fully saturated rings. The first-order valence-corrected chi connectivity index (χ1v) is 29.4. The van der Waals surface area contributed by atoms with Crippen LogP contribution in [0.2, 0.25) is 0 Å². The number of rotatable bonds is 53. The van der Waals surface area contributed by atoms with Crippen LogP contribution in [-0.2, 0) is 33.3 Å². The van der Waals surface area contributed by atoms with Crippen molar-refractivity contribution in [2.24, 2.45) is 0 Å². The molecule has 0 saturated heterocycles. The molecule has 0 radical (unpaired) electrons. The number of likely N-dealkylation sites (N-methyl/N-ethyl adjacent to an activating group) is 1. The van der Waals surface area contributed by atoms with Gasteiger partial charge < -0.3 is 28.5 Å². The van der Waals surface area contributed by atoms with Crippen molar-refractivity contribution >= 4 is 17.9 Å². The highest BCUT2D eigenvalue weighted by atomic mass is 16.7. The van der Waals surface area contributed by atoms with Gasteiger partial charge in [0.2, 0.25) is 0 Å². The summed E-state index contributed by atoms with van der Waals surface area (Å²) >= 11 is 0. The Morgan fingerprint density at radius 3 is 1.19 bits per heavy atom. The van der Waals surface area contributed by atoms with Crippen LogP contribution in [0.5, 0.6) is 0 Å². The molecule has 73 heavy (non-hydrogen) atoms. The van der Waals surface area contributed by atoms with Crippen molar-refractivity contribution in [1.82, 2.24) is 0 Å². The summed E-state index contributed by atoms with van der Waals surface area (Å²) in [5, 5.41) is 9.70. The van der Waals surface area contributed by atoms with Gasteiger partial charge in [0.05, 0.1) is 34.4 Å². The zero-order valence-electron chi connectivity index (χ0n) is 47.5. The third kappa shape index (κ3) is 55.8. The zero-order chi connectivity index (χ0) is 53.4. The second-order valence-corrected chi connectivity index (χ2v) is 20.6. The highest BCUT2D eigenvalue weighted by Crippen LogP contribution is 2.15. The van der Waals surface area contributed by atoms with Crippen molar-refractivity contribution in [3.05, 3.63) is 97.2 Å². The maximum atomic E-state index is 12.9. The summed E-state index contributed by atoms with van der Waals surface area (Å²) in [5.41, 5.74) is 0. The minimum atomic E-state index is -1.53. The van der Waals surface area contributed by atoms with Gasteiger partial charge in [-0.3, -0.25) is 9.59 Å². The number of carbonyl (C=O) groups is 3. The van der Waals surface area contributed by atoms with Gasteiger partial charge in [-0.1, -0.05) is 220 Å². The van der Waals surface area contributed by atoms with E-state index in [-0.39, 0.29) is 38.6 Å². The fourth-order valence-corrected chi connectivity index (χ4v) is 7.81. The number of unbranched alkanes of at least 4 members (excludes halogenated alkanes) is 22. The molecular weight excluding hydrogens is 911 g/mol. The van der Waals surface area contributed by atoms with Gasteiger partial charge in [-0.2, -0.15) is 0 Å². The Hall–Kier alpha value is -3.79. The summed E-state index contributed by atoms with van der Waals surface area (Å²) in [5.74, 6) is -2.06. The minimum absolute atomic E-state index is 0.176. The number of aliphatic carboxylic acids is 1. The van der Waals surface area contributed by atoms with E-state index in [4.69, 9.17) is 18.9 Å². The summed E-state index contributed by atoms with van der Waals surface area (Å²) in [4.78, 5) is 37.4. The lowest BCUT2D eigenvalue weighted by Crippen LogP contribution is -2.40. The summed E-state index contributed by atoms with van der Waals surface area (Å²) in [6, 6.07) is 0. The van der Waals surface area contributed by atoms with Crippen molar-refractivity contribution in [3.63, 3.8) is 0 Å². The lowest BCUT2D eigenvalue weighted by atomic mass is 10.0. The quantitative estimate of drug-likeness (QED) is 0.0211. The number of carboxylic acids is 1. The number of allylic oxidation sites excluding steroid dienone is 16. The molecule has 0 heterocycles. The van der Waals surface area contributed by atoms with E-state index < -0.39 is 24.3 Å². The number of carbonyl (C=O) groups excluding carboxylic acids is 2. The second-order valence-electron chi connectivity index (χ2n) is 20.6. The van der Waals surface area contributed by atoms with Crippen molar-refractivity contribution in [2.75, 3.05) is 47.5 Å². The average molecular weight is 1020 g/mol. The van der Waals surface area contributed by atoms with Crippen LogP contribution >= 0.6 is 0 Å². The molecule has 0 aromatic carbocycles. The fourth-order valence-electron chi connectivity index (χ4n) is 7.81. The maximum absolute atomic E-state index is 12.9. The molecule has 0 aliphatic rings. The van der Waals surface area contributed by atoms with E-state index in [1.165, 1.54) is 116 Å². The molecule has 2 unspecified atom stereocenters. The van der Waals surface area contributed by atoms with E-state index in [2.05, 4.69) is 111 Å². The van der Waals surface area contributed by atoms with Crippen LogP contribution in [0.15, 0.2) is 97.2 Å².